The van der Waals surface area contributed by atoms with E-state index in [-0.39, 0.29) is 5.91 Å². The molecule has 3 nitrogen and oxygen atoms in total. The molecule has 23 heavy (non-hydrogen) atoms. The number of thioether (sulfide) groups is 1. The Kier molecular flexibility index (Phi) is 5.10. The van der Waals surface area contributed by atoms with Crippen LogP contribution in [-0.4, -0.2) is 16.6 Å². The van der Waals surface area contributed by atoms with Gasteiger partial charge < -0.3 is 5.32 Å². The number of rotatable bonds is 5. The van der Waals surface area contributed by atoms with Crippen LogP contribution in [0, 0.1) is 0 Å². The molecule has 1 amide bonds. The third kappa shape index (κ3) is 3.81. The van der Waals surface area contributed by atoms with Crippen molar-refractivity contribution in [1.82, 2.24) is 4.98 Å². The molecule has 1 N–H and O–H groups in total. The van der Waals surface area contributed by atoms with Crippen molar-refractivity contribution in [3.8, 4) is 11.3 Å². The van der Waals surface area contributed by atoms with Crippen molar-refractivity contribution in [2.45, 2.75) is 11.3 Å². The molecule has 0 bridgehead atoms. The molecule has 0 aliphatic heterocycles. The summed E-state index contributed by atoms with van der Waals surface area (Å²) in [5.41, 5.74) is 2.48. The van der Waals surface area contributed by atoms with E-state index in [0.29, 0.717) is 5.56 Å². The molecule has 3 aromatic rings. The van der Waals surface area contributed by atoms with Crippen LogP contribution in [0.5, 0.6) is 0 Å². The predicted octanol–water partition coefficient (Wildman–Crippen LogP) is 5.17. The Balaban J connectivity index is 1.93. The average molecular weight is 340 g/mol. The Morgan fingerprint density at radius 2 is 1.74 bits per heavy atom. The van der Waals surface area contributed by atoms with Gasteiger partial charge in [-0.3, -0.25) is 4.79 Å². The second-order valence-corrected chi connectivity index (χ2v) is 7.29. The number of thiazole rings is 1. The summed E-state index contributed by atoms with van der Waals surface area (Å²) in [6.45, 7) is 2.09. The van der Waals surface area contributed by atoms with E-state index in [1.807, 2.05) is 48.5 Å². The topological polar surface area (TPSA) is 42.0 Å². The lowest BCUT2D eigenvalue weighted by Gasteiger charge is -2.05. The first-order valence-corrected chi connectivity index (χ1v) is 9.13. The normalized spacial score (nSPS) is 10.5. The van der Waals surface area contributed by atoms with Crippen LogP contribution in [0.15, 0.2) is 65.0 Å². The van der Waals surface area contributed by atoms with Gasteiger partial charge in [-0.25, -0.2) is 4.98 Å². The van der Waals surface area contributed by atoms with E-state index in [9.17, 15) is 4.79 Å². The third-order valence-corrected chi connectivity index (χ3v) is 5.18. The Labute approximate surface area is 143 Å². The fourth-order valence-electron chi connectivity index (χ4n) is 2.13. The van der Waals surface area contributed by atoms with Crippen LogP contribution in [0.2, 0.25) is 0 Å². The lowest BCUT2D eigenvalue weighted by molar-refractivity contribution is 0.102. The number of nitrogens with zero attached hydrogens (tertiary/aromatic N) is 1. The minimum Gasteiger partial charge on any atom is -0.312 e. The molecule has 0 radical (unpaired) electrons. The molecule has 2 aromatic carbocycles. The highest BCUT2D eigenvalue weighted by Gasteiger charge is 2.16. The van der Waals surface area contributed by atoms with Crippen molar-refractivity contribution in [3.63, 3.8) is 0 Å². The van der Waals surface area contributed by atoms with Crippen molar-refractivity contribution in [2.24, 2.45) is 0 Å². The molecule has 1 heterocycles. The van der Waals surface area contributed by atoms with Crippen molar-refractivity contribution >= 4 is 34.0 Å². The van der Waals surface area contributed by atoms with Gasteiger partial charge in [0, 0.05) is 11.1 Å². The van der Waals surface area contributed by atoms with Gasteiger partial charge in [-0.05, 0) is 17.9 Å². The molecule has 0 saturated carbocycles. The summed E-state index contributed by atoms with van der Waals surface area (Å²) in [7, 11) is 0. The third-order valence-electron chi connectivity index (χ3n) is 3.19. The van der Waals surface area contributed by atoms with Crippen LogP contribution in [0.4, 0.5) is 5.00 Å². The highest BCUT2D eigenvalue weighted by atomic mass is 32.2. The van der Waals surface area contributed by atoms with Gasteiger partial charge in [-0.15, -0.1) is 0 Å². The maximum absolute atomic E-state index is 12.4. The Hall–Kier alpha value is -2.11. The molecule has 5 heteroatoms. The summed E-state index contributed by atoms with van der Waals surface area (Å²) >= 11 is 3.21. The zero-order valence-corrected chi connectivity index (χ0v) is 14.3. The van der Waals surface area contributed by atoms with Gasteiger partial charge in [-0.2, -0.15) is 0 Å². The number of benzene rings is 2. The van der Waals surface area contributed by atoms with E-state index in [1.165, 1.54) is 11.3 Å². The van der Waals surface area contributed by atoms with E-state index < -0.39 is 0 Å². The molecule has 0 spiro atoms. The molecule has 0 atom stereocenters. The van der Waals surface area contributed by atoms with Gasteiger partial charge in [-0.1, -0.05) is 78.6 Å². The number of carbonyl (C=O) groups excluding carboxylic acids is 1. The molecule has 3 rings (SSSR count). The van der Waals surface area contributed by atoms with Crippen LogP contribution in [-0.2, 0) is 0 Å². The van der Waals surface area contributed by atoms with Gasteiger partial charge in [0.2, 0.25) is 0 Å². The molecule has 0 aliphatic rings. The van der Waals surface area contributed by atoms with Crippen molar-refractivity contribution < 1.29 is 4.79 Å². The van der Waals surface area contributed by atoms with Crippen molar-refractivity contribution in [1.29, 1.82) is 0 Å². The summed E-state index contributed by atoms with van der Waals surface area (Å²) < 4.78 is 0.967. The fraction of sp³-hybridized carbons (Fsp3) is 0.111. The molecule has 0 aliphatic carbocycles. The maximum Gasteiger partial charge on any atom is 0.256 e. The number of nitrogens with one attached hydrogen (secondary N) is 1. The van der Waals surface area contributed by atoms with Gasteiger partial charge in [0.15, 0.2) is 4.34 Å². The number of anilines is 1. The summed E-state index contributed by atoms with van der Waals surface area (Å²) in [6, 6.07) is 19.2. The van der Waals surface area contributed by atoms with E-state index in [0.717, 1.165) is 26.4 Å². The second-order valence-electron chi connectivity index (χ2n) is 4.78. The minimum atomic E-state index is -0.112. The summed E-state index contributed by atoms with van der Waals surface area (Å²) in [4.78, 5) is 17.1. The van der Waals surface area contributed by atoms with E-state index in [4.69, 9.17) is 0 Å². The van der Waals surface area contributed by atoms with Crippen molar-refractivity contribution in [2.75, 3.05) is 11.1 Å². The number of amides is 1. The van der Waals surface area contributed by atoms with Crippen LogP contribution in [0.1, 0.15) is 17.3 Å². The van der Waals surface area contributed by atoms with Crippen LogP contribution in [0.3, 0.4) is 0 Å². The zero-order chi connectivity index (χ0) is 16.1. The van der Waals surface area contributed by atoms with E-state index >= 15 is 0 Å². The van der Waals surface area contributed by atoms with E-state index in [2.05, 4.69) is 17.2 Å². The molecule has 1 aromatic heterocycles. The highest BCUT2D eigenvalue weighted by Crippen LogP contribution is 2.37. The maximum atomic E-state index is 12.4. The Bertz CT molecular complexity index is 785. The number of aromatic nitrogens is 1. The molecular weight excluding hydrogens is 324 g/mol. The number of carbonyl (C=O) groups is 1. The Morgan fingerprint density at radius 3 is 2.39 bits per heavy atom. The van der Waals surface area contributed by atoms with Gasteiger partial charge in [0.1, 0.15) is 10.7 Å². The van der Waals surface area contributed by atoms with Gasteiger partial charge >= 0.3 is 0 Å². The summed E-state index contributed by atoms with van der Waals surface area (Å²) in [6.07, 6.45) is 0. The predicted molar refractivity (Wildman–Crippen MR) is 98.3 cm³/mol. The van der Waals surface area contributed by atoms with Crippen LogP contribution in [0.25, 0.3) is 11.3 Å². The van der Waals surface area contributed by atoms with Crippen molar-refractivity contribution in [3.05, 3.63) is 66.2 Å². The highest BCUT2D eigenvalue weighted by molar-refractivity contribution is 8.01. The first-order valence-electron chi connectivity index (χ1n) is 7.33. The van der Waals surface area contributed by atoms with Crippen LogP contribution < -0.4 is 5.32 Å². The molecule has 116 valence electrons. The summed E-state index contributed by atoms with van der Waals surface area (Å²) in [5, 5.41) is 3.80. The average Bonchev–Trinajstić information content (AvgIpc) is 2.99. The zero-order valence-electron chi connectivity index (χ0n) is 12.7. The number of hydrogen-bond donors (Lipinski definition) is 1. The molecule has 0 saturated heterocycles. The quantitative estimate of drug-likeness (QED) is 0.651. The minimum absolute atomic E-state index is 0.112. The lowest BCUT2D eigenvalue weighted by Crippen LogP contribution is -2.11. The van der Waals surface area contributed by atoms with Crippen LogP contribution >= 0.6 is 23.1 Å². The lowest BCUT2D eigenvalue weighted by atomic mass is 10.1. The molecule has 0 unspecified atom stereocenters. The Morgan fingerprint density at radius 1 is 1.09 bits per heavy atom. The first kappa shape index (κ1) is 15.8. The van der Waals surface area contributed by atoms with Gasteiger partial charge in [0.05, 0.1) is 0 Å². The van der Waals surface area contributed by atoms with E-state index in [1.54, 1.807) is 23.9 Å². The van der Waals surface area contributed by atoms with Gasteiger partial charge in [0.25, 0.3) is 5.91 Å². The SMILES string of the molecule is CCSc1nc(-c2ccccc2)c(NC(=O)c2ccccc2)s1. The number of hydrogen-bond acceptors (Lipinski definition) is 4. The monoisotopic (exact) mass is 340 g/mol. The first-order chi connectivity index (χ1) is 11.3. The largest absolute Gasteiger partial charge is 0.312 e. The standard InChI is InChI=1S/C18H16N2OS2/c1-2-22-18-19-15(13-9-5-3-6-10-13)17(23-18)20-16(21)14-11-7-4-8-12-14/h3-12H,2H2,1H3,(H,20,21). The second kappa shape index (κ2) is 7.44. The molecule has 0 fully saturated rings. The smallest absolute Gasteiger partial charge is 0.256 e. The fourth-order valence-corrected chi connectivity index (χ4v) is 4.08. The summed E-state index contributed by atoms with van der Waals surface area (Å²) in [5.74, 6) is 0.841. The molecular formula is C18H16N2OS2.